The van der Waals surface area contributed by atoms with Crippen LogP contribution in [0.25, 0.3) is 0 Å². The van der Waals surface area contributed by atoms with Crippen LogP contribution in [-0.2, 0) is 9.53 Å². The maximum Gasteiger partial charge on any atom is 0.305 e. The van der Waals surface area contributed by atoms with E-state index >= 15 is 0 Å². The second-order valence-corrected chi connectivity index (χ2v) is 5.29. The Morgan fingerprint density at radius 3 is 2.17 bits per heavy atom. The van der Waals surface area contributed by atoms with Crippen LogP contribution in [0.4, 0.5) is 0 Å². The number of rotatable bonds is 12. The Bertz CT molecular complexity index is 190. The fourth-order valence-electron chi connectivity index (χ4n) is 2.15. The van der Waals surface area contributed by atoms with Crippen molar-refractivity contribution in [2.24, 2.45) is 5.92 Å². The molecule has 0 fully saturated rings. The lowest BCUT2D eigenvalue weighted by Gasteiger charge is -2.16. The Morgan fingerprint density at radius 1 is 0.889 bits per heavy atom. The number of unbranched alkanes of at least 4 members (excludes halogenated alkanes) is 4. The topological polar surface area (TPSA) is 26.3 Å². The van der Waals surface area contributed by atoms with Crippen molar-refractivity contribution in [2.75, 3.05) is 6.61 Å². The molecule has 0 radical (unpaired) electrons. The minimum Gasteiger partial charge on any atom is -0.465 e. The van der Waals surface area contributed by atoms with Gasteiger partial charge >= 0.3 is 5.97 Å². The molecule has 0 aromatic carbocycles. The van der Waals surface area contributed by atoms with Crippen molar-refractivity contribution in [1.82, 2.24) is 0 Å². The van der Waals surface area contributed by atoms with Crippen LogP contribution < -0.4 is 0 Å². The van der Waals surface area contributed by atoms with Crippen LogP contribution in [0.15, 0.2) is 0 Å². The molecular weight excluding hydrogens is 224 g/mol. The molecule has 0 bridgehead atoms. The van der Waals surface area contributed by atoms with E-state index in [1.807, 2.05) is 6.92 Å². The first-order valence-electron chi connectivity index (χ1n) is 7.90. The molecule has 18 heavy (non-hydrogen) atoms. The van der Waals surface area contributed by atoms with Gasteiger partial charge in [0.2, 0.25) is 0 Å². The van der Waals surface area contributed by atoms with Gasteiger partial charge in [-0.3, -0.25) is 4.79 Å². The van der Waals surface area contributed by atoms with Gasteiger partial charge in [-0.1, -0.05) is 59.3 Å². The number of ether oxygens (including phenoxy) is 1. The van der Waals surface area contributed by atoms with E-state index in [0.717, 1.165) is 6.42 Å². The van der Waals surface area contributed by atoms with Gasteiger partial charge in [0.15, 0.2) is 0 Å². The lowest BCUT2D eigenvalue weighted by molar-refractivity contribution is -0.145. The normalized spacial score (nSPS) is 12.4. The van der Waals surface area contributed by atoms with E-state index in [0.29, 0.717) is 18.9 Å². The minimum atomic E-state index is -0.0208. The summed E-state index contributed by atoms with van der Waals surface area (Å²) >= 11 is 0. The fraction of sp³-hybridized carbons (Fsp3) is 0.938. The Kier molecular flexibility index (Phi) is 12.5. The van der Waals surface area contributed by atoms with E-state index in [-0.39, 0.29) is 5.97 Å². The number of carbonyl (C=O) groups is 1. The molecule has 2 heteroatoms. The molecule has 0 aliphatic rings. The van der Waals surface area contributed by atoms with Crippen LogP contribution in [0.3, 0.4) is 0 Å². The number of carbonyl (C=O) groups excluding carboxylic acids is 1. The van der Waals surface area contributed by atoms with Crippen LogP contribution in [0.2, 0.25) is 0 Å². The van der Waals surface area contributed by atoms with Crippen molar-refractivity contribution in [3.05, 3.63) is 0 Å². The number of hydrogen-bond donors (Lipinski definition) is 0. The first-order chi connectivity index (χ1) is 8.74. The van der Waals surface area contributed by atoms with Gasteiger partial charge in [0.1, 0.15) is 0 Å². The average Bonchev–Trinajstić information content (AvgIpc) is 2.37. The van der Waals surface area contributed by atoms with Crippen LogP contribution in [0, 0.1) is 5.92 Å². The van der Waals surface area contributed by atoms with Crippen molar-refractivity contribution in [1.29, 1.82) is 0 Å². The van der Waals surface area contributed by atoms with E-state index < -0.39 is 0 Å². The van der Waals surface area contributed by atoms with Crippen molar-refractivity contribution in [3.63, 3.8) is 0 Å². The Labute approximate surface area is 113 Å². The summed E-state index contributed by atoms with van der Waals surface area (Å²) in [6, 6.07) is 0. The third-order valence-electron chi connectivity index (χ3n) is 3.37. The Hall–Kier alpha value is -0.530. The molecule has 0 aliphatic heterocycles. The van der Waals surface area contributed by atoms with Gasteiger partial charge in [0.25, 0.3) is 0 Å². The van der Waals surface area contributed by atoms with E-state index in [1.54, 1.807) is 0 Å². The third-order valence-corrected chi connectivity index (χ3v) is 3.37. The molecule has 1 unspecified atom stereocenters. The molecule has 0 N–H and O–H groups in total. The summed E-state index contributed by atoms with van der Waals surface area (Å²) in [4.78, 5) is 11.4. The second kappa shape index (κ2) is 12.9. The summed E-state index contributed by atoms with van der Waals surface area (Å²) in [6.45, 7) is 7.11. The average molecular weight is 256 g/mol. The summed E-state index contributed by atoms with van der Waals surface area (Å²) in [5.41, 5.74) is 0. The molecule has 0 aromatic heterocycles. The van der Waals surface area contributed by atoms with Crippen molar-refractivity contribution < 1.29 is 9.53 Å². The highest BCUT2D eigenvalue weighted by Gasteiger charge is 2.11. The number of esters is 1. The zero-order chi connectivity index (χ0) is 13.6. The van der Waals surface area contributed by atoms with Crippen LogP contribution in [0.1, 0.15) is 85.0 Å². The third kappa shape index (κ3) is 10.6. The van der Waals surface area contributed by atoms with Gasteiger partial charge in [0.05, 0.1) is 6.61 Å². The molecule has 0 aliphatic carbocycles. The molecule has 0 saturated carbocycles. The molecule has 0 spiro atoms. The quantitative estimate of drug-likeness (QED) is 0.358. The van der Waals surface area contributed by atoms with Gasteiger partial charge in [0, 0.05) is 6.42 Å². The van der Waals surface area contributed by atoms with Crippen molar-refractivity contribution in [2.45, 2.75) is 85.0 Å². The van der Waals surface area contributed by atoms with Crippen molar-refractivity contribution in [3.8, 4) is 0 Å². The lowest BCUT2D eigenvalue weighted by Crippen LogP contribution is -2.14. The molecule has 2 nitrogen and oxygen atoms in total. The SMILES string of the molecule is CCCCCCC(CCCC)COC(=O)CCC. The molecule has 1 atom stereocenters. The summed E-state index contributed by atoms with van der Waals surface area (Å²) in [6.07, 6.45) is 11.6. The molecule has 108 valence electrons. The summed E-state index contributed by atoms with van der Waals surface area (Å²) in [5.74, 6) is 0.565. The van der Waals surface area contributed by atoms with Gasteiger partial charge < -0.3 is 4.74 Å². The highest BCUT2D eigenvalue weighted by Crippen LogP contribution is 2.18. The maximum atomic E-state index is 11.4. The second-order valence-electron chi connectivity index (χ2n) is 5.29. The zero-order valence-electron chi connectivity index (χ0n) is 12.7. The molecule has 0 saturated heterocycles. The summed E-state index contributed by atoms with van der Waals surface area (Å²) in [7, 11) is 0. The number of hydrogen-bond acceptors (Lipinski definition) is 2. The first-order valence-corrected chi connectivity index (χ1v) is 7.90. The standard InChI is InChI=1S/C16H32O2/c1-4-7-9-10-13-15(12-8-5-2)14-18-16(17)11-6-3/h15H,4-14H2,1-3H3. The van der Waals surface area contributed by atoms with E-state index in [9.17, 15) is 4.79 Å². The van der Waals surface area contributed by atoms with Gasteiger partial charge in [-0.2, -0.15) is 0 Å². The summed E-state index contributed by atoms with van der Waals surface area (Å²) in [5, 5.41) is 0. The zero-order valence-corrected chi connectivity index (χ0v) is 12.7. The molecule has 0 rings (SSSR count). The monoisotopic (exact) mass is 256 g/mol. The summed E-state index contributed by atoms with van der Waals surface area (Å²) < 4.78 is 5.36. The highest BCUT2D eigenvalue weighted by molar-refractivity contribution is 5.69. The van der Waals surface area contributed by atoms with Gasteiger partial charge in [-0.15, -0.1) is 0 Å². The fourth-order valence-corrected chi connectivity index (χ4v) is 2.15. The van der Waals surface area contributed by atoms with E-state index in [1.165, 1.54) is 51.4 Å². The minimum absolute atomic E-state index is 0.0208. The smallest absolute Gasteiger partial charge is 0.305 e. The van der Waals surface area contributed by atoms with E-state index in [4.69, 9.17) is 4.74 Å². The van der Waals surface area contributed by atoms with Crippen LogP contribution in [-0.4, -0.2) is 12.6 Å². The van der Waals surface area contributed by atoms with E-state index in [2.05, 4.69) is 13.8 Å². The lowest BCUT2D eigenvalue weighted by atomic mass is 9.96. The van der Waals surface area contributed by atoms with Crippen LogP contribution in [0.5, 0.6) is 0 Å². The van der Waals surface area contributed by atoms with Crippen molar-refractivity contribution >= 4 is 5.97 Å². The van der Waals surface area contributed by atoms with Crippen LogP contribution >= 0.6 is 0 Å². The predicted octanol–water partition coefficient (Wildman–Crippen LogP) is 5.11. The molecular formula is C16H32O2. The Morgan fingerprint density at radius 2 is 1.56 bits per heavy atom. The Balaban J connectivity index is 3.79. The molecule has 0 aromatic rings. The first kappa shape index (κ1) is 17.5. The molecule has 0 amide bonds. The maximum absolute atomic E-state index is 11.4. The highest BCUT2D eigenvalue weighted by atomic mass is 16.5. The van der Waals surface area contributed by atoms with Gasteiger partial charge in [-0.05, 0) is 25.2 Å². The molecule has 0 heterocycles. The van der Waals surface area contributed by atoms with Gasteiger partial charge in [-0.25, -0.2) is 0 Å². The predicted molar refractivity (Wildman–Crippen MR) is 77.6 cm³/mol. The largest absolute Gasteiger partial charge is 0.465 e.